The second-order valence-corrected chi connectivity index (χ2v) is 4.72. The highest BCUT2D eigenvalue weighted by Crippen LogP contribution is 2.22. The number of carbonyl (C=O) groups is 1. The number of carbonyl (C=O) groups excluding carboxylic acids is 1. The van der Waals surface area contributed by atoms with E-state index in [1.54, 1.807) is 25.2 Å². The summed E-state index contributed by atoms with van der Waals surface area (Å²) in [5.41, 5.74) is 7.91. The van der Waals surface area contributed by atoms with Crippen LogP contribution in [0, 0.1) is 5.82 Å². The van der Waals surface area contributed by atoms with Crippen LogP contribution in [0.3, 0.4) is 0 Å². The number of aromatic nitrogens is 2. The average Bonchev–Trinajstić information content (AvgIpc) is 2.89. The number of benzene rings is 2. The quantitative estimate of drug-likeness (QED) is 0.710. The highest BCUT2D eigenvalue weighted by atomic mass is 19.1. The number of nitrogens with one attached hydrogen (secondary N) is 1. The Morgan fingerprint density at radius 2 is 1.95 bits per heavy atom. The van der Waals surface area contributed by atoms with Crippen molar-refractivity contribution in [3.8, 4) is 0 Å². The highest BCUT2D eigenvalue weighted by molar-refractivity contribution is 6.12. The Kier molecular flexibility index (Phi) is 3.06. The molecule has 0 fully saturated rings. The van der Waals surface area contributed by atoms with Gasteiger partial charge in [-0.25, -0.2) is 4.39 Å². The van der Waals surface area contributed by atoms with E-state index in [4.69, 9.17) is 5.73 Å². The van der Waals surface area contributed by atoms with Gasteiger partial charge in [-0.3, -0.25) is 9.89 Å². The molecule has 3 aromatic rings. The van der Waals surface area contributed by atoms with Gasteiger partial charge in [0.1, 0.15) is 5.82 Å². The molecule has 0 aliphatic rings. The van der Waals surface area contributed by atoms with Crippen molar-refractivity contribution in [3.63, 3.8) is 0 Å². The normalized spacial score (nSPS) is 10.8. The van der Waals surface area contributed by atoms with E-state index in [1.807, 2.05) is 0 Å². The number of amides is 1. The summed E-state index contributed by atoms with van der Waals surface area (Å²) in [5, 5.41) is 7.51. The first kappa shape index (κ1) is 13.1. The maximum Gasteiger partial charge on any atom is 0.279 e. The summed E-state index contributed by atoms with van der Waals surface area (Å²) in [5.74, 6) is -0.643. The van der Waals surface area contributed by atoms with E-state index >= 15 is 0 Å². The number of rotatable bonds is 2. The minimum absolute atomic E-state index is 0.282. The van der Waals surface area contributed by atoms with Crippen LogP contribution in [0.4, 0.5) is 15.8 Å². The molecule has 0 aliphatic heterocycles. The number of nitrogens with two attached hydrogens (primary N) is 1. The molecule has 1 amide bonds. The van der Waals surface area contributed by atoms with Crippen molar-refractivity contribution in [2.45, 2.75) is 0 Å². The number of hydrogen-bond acceptors (Lipinski definition) is 3. The maximum absolute atomic E-state index is 12.9. The lowest BCUT2D eigenvalue weighted by Gasteiger charge is -2.16. The molecule has 0 unspecified atom stereocenters. The highest BCUT2D eigenvalue weighted by Gasteiger charge is 2.19. The zero-order chi connectivity index (χ0) is 15.0. The topological polar surface area (TPSA) is 75.0 Å². The fraction of sp³-hybridized carbons (Fsp3) is 0.0667. The number of aromatic amines is 1. The Bertz CT molecular complexity index is 810. The van der Waals surface area contributed by atoms with Crippen LogP contribution in [0.5, 0.6) is 0 Å². The van der Waals surface area contributed by atoms with Gasteiger partial charge in [-0.1, -0.05) is 0 Å². The number of anilines is 2. The van der Waals surface area contributed by atoms with Crippen LogP contribution >= 0.6 is 0 Å². The molecule has 6 heteroatoms. The van der Waals surface area contributed by atoms with Crippen molar-refractivity contribution in [1.29, 1.82) is 0 Å². The van der Waals surface area contributed by atoms with Crippen molar-refractivity contribution < 1.29 is 9.18 Å². The number of halogens is 1. The third kappa shape index (κ3) is 2.31. The molecule has 0 bridgehead atoms. The molecule has 3 rings (SSSR count). The van der Waals surface area contributed by atoms with Crippen LogP contribution in [-0.4, -0.2) is 23.2 Å². The minimum Gasteiger partial charge on any atom is -0.399 e. The van der Waals surface area contributed by atoms with Gasteiger partial charge in [0, 0.05) is 23.8 Å². The monoisotopic (exact) mass is 284 g/mol. The predicted molar refractivity (Wildman–Crippen MR) is 79.6 cm³/mol. The zero-order valence-corrected chi connectivity index (χ0v) is 11.3. The van der Waals surface area contributed by atoms with E-state index in [0.717, 1.165) is 5.52 Å². The van der Waals surface area contributed by atoms with Crippen LogP contribution in [0.15, 0.2) is 42.5 Å². The van der Waals surface area contributed by atoms with Crippen LogP contribution in [0.1, 0.15) is 10.5 Å². The molecule has 21 heavy (non-hydrogen) atoms. The van der Waals surface area contributed by atoms with Gasteiger partial charge in [0.15, 0.2) is 5.69 Å². The Balaban J connectivity index is 2.00. The van der Waals surface area contributed by atoms with E-state index < -0.39 is 0 Å². The Morgan fingerprint density at radius 3 is 2.67 bits per heavy atom. The van der Waals surface area contributed by atoms with E-state index in [-0.39, 0.29) is 17.4 Å². The smallest absolute Gasteiger partial charge is 0.279 e. The number of H-pyrrole nitrogens is 1. The van der Waals surface area contributed by atoms with Gasteiger partial charge < -0.3 is 10.6 Å². The van der Waals surface area contributed by atoms with Crippen LogP contribution in [0.2, 0.25) is 0 Å². The fourth-order valence-electron chi connectivity index (χ4n) is 2.14. The summed E-state index contributed by atoms with van der Waals surface area (Å²) in [6, 6.07) is 10.9. The molecule has 5 nitrogen and oxygen atoms in total. The molecule has 3 N–H and O–H groups in total. The largest absolute Gasteiger partial charge is 0.399 e. The second kappa shape index (κ2) is 4.90. The molecule has 0 spiro atoms. The fourth-order valence-corrected chi connectivity index (χ4v) is 2.14. The molecule has 106 valence electrons. The lowest BCUT2D eigenvalue weighted by Crippen LogP contribution is -2.26. The first-order valence-electron chi connectivity index (χ1n) is 6.33. The third-order valence-corrected chi connectivity index (χ3v) is 3.31. The van der Waals surface area contributed by atoms with Crippen LogP contribution < -0.4 is 10.6 Å². The Morgan fingerprint density at radius 1 is 1.24 bits per heavy atom. The number of hydrogen-bond donors (Lipinski definition) is 2. The van der Waals surface area contributed by atoms with E-state index in [0.29, 0.717) is 16.8 Å². The van der Waals surface area contributed by atoms with Crippen molar-refractivity contribution >= 4 is 28.2 Å². The molecule has 0 atom stereocenters. The SMILES string of the molecule is CN(C(=O)c1n[nH]c2ccc(N)cc12)c1ccc(F)cc1. The van der Waals surface area contributed by atoms with Crippen molar-refractivity contribution in [2.24, 2.45) is 0 Å². The van der Waals surface area contributed by atoms with Gasteiger partial charge in [0.2, 0.25) is 0 Å². The summed E-state index contributed by atoms with van der Waals surface area (Å²) in [7, 11) is 1.61. The molecule has 0 saturated heterocycles. The minimum atomic E-state index is -0.349. The first-order chi connectivity index (χ1) is 10.1. The first-order valence-corrected chi connectivity index (χ1v) is 6.33. The summed E-state index contributed by atoms with van der Waals surface area (Å²) >= 11 is 0. The second-order valence-electron chi connectivity index (χ2n) is 4.72. The molecule has 0 radical (unpaired) electrons. The number of nitrogen functional groups attached to an aromatic ring is 1. The standard InChI is InChI=1S/C15H13FN4O/c1-20(11-5-2-9(16)3-6-11)15(21)14-12-8-10(17)4-7-13(12)18-19-14/h2-8H,17H2,1H3,(H,18,19). The molecule has 0 aliphatic carbocycles. The summed E-state index contributed by atoms with van der Waals surface area (Å²) in [6.45, 7) is 0. The molecule has 1 aromatic heterocycles. The van der Waals surface area contributed by atoms with Gasteiger partial charge in [-0.15, -0.1) is 0 Å². The Labute approximate surface area is 120 Å². The lowest BCUT2D eigenvalue weighted by molar-refractivity contribution is 0.0989. The van der Waals surface area contributed by atoms with Gasteiger partial charge >= 0.3 is 0 Å². The van der Waals surface area contributed by atoms with Gasteiger partial charge in [-0.2, -0.15) is 5.10 Å². The average molecular weight is 284 g/mol. The molecular formula is C15H13FN4O. The van der Waals surface area contributed by atoms with Crippen molar-refractivity contribution in [3.05, 3.63) is 54.0 Å². The molecule has 1 heterocycles. The van der Waals surface area contributed by atoms with E-state index in [1.165, 1.54) is 29.2 Å². The molecule has 0 saturated carbocycles. The van der Waals surface area contributed by atoms with Gasteiger partial charge in [0.25, 0.3) is 5.91 Å². The number of fused-ring (bicyclic) bond motifs is 1. The third-order valence-electron chi connectivity index (χ3n) is 3.31. The maximum atomic E-state index is 12.9. The molecular weight excluding hydrogens is 271 g/mol. The Hall–Kier alpha value is -2.89. The van der Waals surface area contributed by atoms with E-state index in [9.17, 15) is 9.18 Å². The number of nitrogens with zero attached hydrogens (tertiary/aromatic N) is 2. The van der Waals surface area contributed by atoms with Crippen molar-refractivity contribution in [2.75, 3.05) is 17.7 Å². The van der Waals surface area contributed by atoms with Gasteiger partial charge in [0.05, 0.1) is 5.52 Å². The summed E-state index contributed by atoms with van der Waals surface area (Å²) < 4.78 is 12.9. The zero-order valence-electron chi connectivity index (χ0n) is 11.3. The van der Waals surface area contributed by atoms with Crippen LogP contribution in [0.25, 0.3) is 10.9 Å². The lowest BCUT2D eigenvalue weighted by atomic mass is 10.1. The summed E-state index contributed by atoms with van der Waals surface area (Å²) in [4.78, 5) is 13.9. The predicted octanol–water partition coefficient (Wildman–Crippen LogP) is 2.56. The molecule has 2 aromatic carbocycles. The van der Waals surface area contributed by atoms with Crippen LogP contribution in [-0.2, 0) is 0 Å². The van der Waals surface area contributed by atoms with E-state index in [2.05, 4.69) is 10.2 Å². The van der Waals surface area contributed by atoms with Crippen molar-refractivity contribution in [1.82, 2.24) is 10.2 Å². The summed E-state index contributed by atoms with van der Waals surface area (Å²) in [6.07, 6.45) is 0. The van der Waals surface area contributed by atoms with Gasteiger partial charge in [-0.05, 0) is 42.5 Å².